The van der Waals surface area contributed by atoms with Gasteiger partial charge in [-0.05, 0) is 11.8 Å². The van der Waals surface area contributed by atoms with E-state index in [0.29, 0.717) is 12.0 Å². The maximum atomic E-state index is 12.3. The smallest absolute Gasteiger partial charge is 0.326 e. The molecule has 5 heteroatoms. The van der Waals surface area contributed by atoms with Crippen molar-refractivity contribution in [2.75, 3.05) is 0 Å². The van der Waals surface area contributed by atoms with Crippen molar-refractivity contribution in [3.63, 3.8) is 0 Å². The number of aliphatic carboxylic acids is 1. The standard InChI is InChI=1S/C19H27NO4/c1-4-5-11-15(18(23)24)20-17(22)13-19(2,3)12-16(21)14-9-7-6-8-10-14/h6-10,15H,4-5,11-13H2,1-3H3,(H,20,22)(H,23,24)/t15-/m0/s1. The van der Waals surface area contributed by atoms with Crippen molar-refractivity contribution in [1.82, 2.24) is 5.32 Å². The molecular weight excluding hydrogens is 306 g/mol. The summed E-state index contributed by atoms with van der Waals surface area (Å²) in [6, 6.07) is 8.10. The number of rotatable bonds is 10. The monoisotopic (exact) mass is 333 g/mol. The van der Waals surface area contributed by atoms with Crippen LogP contribution in [0.25, 0.3) is 0 Å². The Hall–Kier alpha value is -2.17. The molecule has 0 aromatic heterocycles. The number of ketones is 1. The Morgan fingerprint density at radius 2 is 1.75 bits per heavy atom. The highest BCUT2D eigenvalue weighted by atomic mass is 16.4. The number of amides is 1. The normalized spacial score (nSPS) is 12.5. The van der Waals surface area contributed by atoms with Crippen LogP contribution in [-0.2, 0) is 9.59 Å². The summed E-state index contributed by atoms with van der Waals surface area (Å²) in [6.07, 6.45) is 2.38. The summed E-state index contributed by atoms with van der Waals surface area (Å²) >= 11 is 0. The van der Waals surface area contributed by atoms with Crippen molar-refractivity contribution in [3.05, 3.63) is 35.9 Å². The lowest BCUT2D eigenvalue weighted by Crippen LogP contribution is -2.42. The summed E-state index contributed by atoms with van der Waals surface area (Å²) in [5.74, 6) is -1.37. The second-order valence-electron chi connectivity index (χ2n) is 6.91. The summed E-state index contributed by atoms with van der Waals surface area (Å²) in [7, 11) is 0. The maximum Gasteiger partial charge on any atom is 0.326 e. The lowest BCUT2D eigenvalue weighted by Gasteiger charge is -2.24. The van der Waals surface area contributed by atoms with Gasteiger partial charge in [0.05, 0.1) is 0 Å². The molecule has 0 saturated heterocycles. The van der Waals surface area contributed by atoms with Crippen molar-refractivity contribution in [1.29, 1.82) is 0 Å². The van der Waals surface area contributed by atoms with Crippen LogP contribution in [0.2, 0.25) is 0 Å². The van der Waals surface area contributed by atoms with Gasteiger partial charge in [-0.3, -0.25) is 9.59 Å². The van der Waals surface area contributed by atoms with Crippen LogP contribution in [0.15, 0.2) is 30.3 Å². The van der Waals surface area contributed by atoms with E-state index in [0.717, 1.165) is 12.8 Å². The number of nitrogens with one attached hydrogen (secondary N) is 1. The molecule has 1 atom stereocenters. The van der Waals surface area contributed by atoms with Crippen LogP contribution < -0.4 is 5.32 Å². The third kappa shape index (κ3) is 6.94. The fourth-order valence-corrected chi connectivity index (χ4v) is 2.57. The number of carbonyl (C=O) groups excluding carboxylic acids is 2. The van der Waals surface area contributed by atoms with Gasteiger partial charge >= 0.3 is 5.97 Å². The fourth-order valence-electron chi connectivity index (χ4n) is 2.57. The molecule has 5 nitrogen and oxygen atoms in total. The molecule has 0 bridgehead atoms. The first kappa shape index (κ1) is 19.9. The van der Waals surface area contributed by atoms with Crippen LogP contribution in [-0.4, -0.2) is 28.8 Å². The van der Waals surface area contributed by atoms with E-state index in [-0.39, 0.29) is 24.5 Å². The molecule has 132 valence electrons. The topological polar surface area (TPSA) is 83.5 Å². The molecule has 1 aromatic carbocycles. The van der Waals surface area contributed by atoms with Crippen molar-refractivity contribution < 1.29 is 19.5 Å². The average Bonchev–Trinajstić information content (AvgIpc) is 2.50. The first-order valence-corrected chi connectivity index (χ1v) is 8.35. The molecule has 0 aliphatic carbocycles. The van der Waals surface area contributed by atoms with Gasteiger partial charge in [-0.1, -0.05) is 63.9 Å². The maximum absolute atomic E-state index is 12.3. The number of unbranched alkanes of at least 4 members (excludes halogenated alkanes) is 1. The van der Waals surface area contributed by atoms with Gasteiger partial charge < -0.3 is 10.4 Å². The number of Topliss-reactive ketones (excluding diaryl/α,β-unsaturated/α-hetero) is 1. The summed E-state index contributed by atoms with van der Waals surface area (Å²) in [5.41, 5.74) is 0.0857. The minimum absolute atomic E-state index is 0.0193. The van der Waals surface area contributed by atoms with Crippen molar-refractivity contribution in [2.45, 2.75) is 58.9 Å². The van der Waals surface area contributed by atoms with Crippen LogP contribution in [0, 0.1) is 5.41 Å². The van der Waals surface area contributed by atoms with Crippen LogP contribution >= 0.6 is 0 Å². The Balaban J connectivity index is 2.60. The number of hydrogen-bond donors (Lipinski definition) is 2. The largest absolute Gasteiger partial charge is 0.480 e. The molecule has 2 N–H and O–H groups in total. The number of benzene rings is 1. The SMILES string of the molecule is CCCC[C@H](NC(=O)CC(C)(C)CC(=O)c1ccccc1)C(=O)O. The van der Waals surface area contributed by atoms with Gasteiger partial charge in [0.1, 0.15) is 6.04 Å². The molecule has 0 aliphatic rings. The van der Waals surface area contributed by atoms with E-state index in [1.807, 2.05) is 26.8 Å². The Morgan fingerprint density at radius 3 is 2.29 bits per heavy atom. The van der Waals surface area contributed by atoms with Gasteiger partial charge in [-0.15, -0.1) is 0 Å². The van der Waals surface area contributed by atoms with Gasteiger partial charge in [0.2, 0.25) is 5.91 Å². The van der Waals surface area contributed by atoms with E-state index in [1.54, 1.807) is 24.3 Å². The second-order valence-corrected chi connectivity index (χ2v) is 6.91. The first-order chi connectivity index (χ1) is 11.2. The Kier molecular flexibility index (Phi) is 7.62. The molecule has 0 aliphatic heterocycles. The van der Waals surface area contributed by atoms with E-state index in [4.69, 9.17) is 0 Å². The molecule has 0 saturated carbocycles. The zero-order valence-corrected chi connectivity index (χ0v) is 14.7. The van der Waals surface area contributed by atoms with E-state index in [9.17, 15) is 19.5 Å². The molecule has 0 unspecified atom stereocenters. The fraction of sp³-hybridized carbons (Fsp3) is 0.526. The molecule has 0 fully saturated rings. The zero-order chi connectivity index (χ0) is 18.2. The Labute approximate surface area is 143 Å². The van der Waals surface area contributed by atoms with Crippen molar-refractivity contribution in [2.24, 2.45) is 5.41 Å². The lowest BCUT2D eigenvalue weighted by molar-refractivity contribution is -0.142. The van der Waals surface area contributed by atoms with E-state index in [1.165, 1.54) is 0 Å². The molecule has 0 heterocycles. The molecule has 1 aromatic rings. The molecule has 24 heavy (non-hydrogen) atoms. The van der Waals surface area contributed by atoms with Gasteiger partial charge in [-0.2, -0.15) is 0 Å². The highest BCUT2D eigenvalue weighted by Gasteiger charge is 2.28. The first-order valence-electron chi connectivity index (χ1n) is 8.35. The van der Waals surface area contributed by atoms with Crippen LogP contribution in [0.3, 0.4) is 0 Å². The minimum Gasteiger partial charge on any atom is -0.480 e. The summed E-state index contributed by atoms with van der Waals surface area (Å²) in [5, 5.41) is 11.7. The van der Waals surface area contributed by atoms with Crippen molar-refractivity contribution in [3.8, 4) is 0 Å². The summed E-state index contributed by atoms with van der Waals surface area (Å²) in [4.78, 5) is 35.7. The van der Waals surface area contributed by atoms with Crippen LogP contribution in [0.1, 0.15) is 63.2 Å². The predicted molar refractivity (Wildman–Crippen MR) is 92.9 cm³/mol. The number of carbonyl (C=O) groups is 3. The van der Waals surface area contributed by atoms with Gasteiger partial charge in [-0.25, -0.2) is 4.79 Å². The Morgan fingerprint density at radius 1 is 1.12 bits per heavy atom. The highest BCUT2D eigenvalue weighted by Crippen LogP contribution is 2.27. The molecular formula is C19H27NO4. The molecule has 1 amide bonds. The quantitative estimate of drug-likeness (QED) is 0.643. The molecule has 0 spiro atoms. The van der Waals surface area contributed by atoms with Gasteiger partial charge in [0.25, 0.3) is 0 Å². The highest BCUT2D eigenvalue weighted by molar-refractivity contribution is 5.96. The van der Waals surface area contributed by atoms with E-state index < -0.39 is 17.4 Å². The van der Waals surface area contributed by atoms with E-state index >= 15 is 0 Å². The third-order valence-corrected chi connectivity index (χ3v) is 3.85. The predicted octanol–water partition coefficient (Wildman–Crippen LogP) is 3.44. The minimum atomic E-state index is -1.02. The lowest BCUT2D eigenvalue weighted by atomic mass is 9.82. The number of hydrogen-bond acceptors (Lipinski definition) is 3. The Bertz CT molecular complexity index is 566. The van der Waals surface area contributed by atoms with E-state index in [2.05, 4.69) is 5.32 Å². The number of carboxylic acid groups (broad SMARTS) is 1. The molecule has 0 radical (unpaired) electrons. The average molecular weight is 333 g/mol. The number of carboxylic acids is 1. The zero-order valence-electron chi connectivity index (χ0n) is 14.7. The summed E-state index contributed by atoms with van der Waals surface area (Å²) in [6.45, 7) is 5.66. The van der Waals surface area contributed by atoms with Gasteiger partial charge in [0, 0.05) is 18.4 Å². The third-order valence-electron chi connectivity index (χ3n) is 3.85. The summed E-state index contributed by atoms with van der Waals surface area (Å²) < 4.78 is 0. The van der Waals surface area contributed by atoms with Gasteiger partial charge in [0.15, 0.2) is 5.78 Å². The molecule has 1 rings (SSSR count). The van der Waals surface area contributed by atoms with Crippen LogP contribution in [0.4, 0.5) is 0 Å². The van der Waals surface area contributed by atoms with Crippen LogP contribution in [0.5, 0.6) is 0 Å². The van der Waals surface area contributed by atoms with Crippen molar-refractivity contribution >= 4 is 17.7 Å². The second kappa shape index (κ2) is 9.21.